The van der Waals surface area contributed by atoms with Gasteiger partial charge in [0.1, 0.15) is 6.04 Å². The highest BCUT2D eigenvalue weighted by Gasteiger charge is 2.11. The molecular weight excluding hydrogens is 207 g/mol. The number of nitriles is 1. The van der Waals surface area contributed by atoms with Crippen molar-refractivity contribution in [2.45, 2.75) is 6.04 Å². The zero-order valence-electron chi connectivity index (χ0n) is 9.03. The van der Waals surface area contributed by atoms with E-state index < -0.39 is 11.9 Å². The van der Waals surface area contributed by atoms with Crippen molar-refractivity contribution in [3.63, 3.8) is 0 Å². The van der Waals surface area contributed by atoms with Crippen molar-refractivity contribution in [2.24, 2.45) is 0 Å². The Morgan fingerprint density at radius 3 is 2.94 bits per heavy atom. The Balaban J connectivity index is 2.90. The topological polar surface area (TPSA) is 45.0 Å². The van der Waals surface area contributed by atoms with Gasteiger partial charge >= 0.3 is 0 Å². The monoisotopic (exact) mass is 220 g/mol. The van der Waals surface area contributed by atoms with Crippen molar-refractivity contribution in [2.75, 3.05) is 13.7 Å². The molecule has 0 aliphatic rings. The summed E-state index contributed by atoms with van der Waals surface area (Å²) in [5.74, 6) is -0.301. The van der Waals surface area contributed by atoms with Crippen LogP contribution in [0, 0.1) is 17.1 Å². The maximum absolute atomic E-state index is 13.4. The molecule has 1 rings (SSSR count). The van der Waals surface area contributed by atoms with Gasteiger partial charge in [-0.3, -0.25) is 5.32 Å². The van der Waals surface area contributed by atoms with E-state index in [1.54, 1.807) is 12.1 Å². The minimum absolute atomic E-state index is 0.171. The minimum Gasteiger partial charge on any atom is -0.494 e. The van der Waals surface area contributed by atoms with Gasteiger partial charge < -0.3 is 4.74 Å². The third kappa shape index (κ3) is 2.81. The van der Waals surface area contributed by atoms with Crippen LogP contribution in [-0.2, 0) is 0 Å². The van der Waals surface area contributed by atoms with E-state index in [1.807, 2.05) is 0 Å². The quantitative estimate of drug-likeness (QED) is 0.773. The third-order valence-corrected chi connectivity index (χ3v) is 2.10. The van der Waals surface area contributed by atoms with Crippen LogP contribution in [0.25, 0.3) is 0 Å². The molecule has 84 valence electrons. The summed E-state index contributed by atoms with van der Waals surface area (Å²) in [7, 11) is 1.40. The first-order valence-corrected chi connectivity index (χ1v) is 4.80. The standard InChI is InChI=1S/C12H13FN2O/c1-3-6-15-11(8-14)9-4-5-12(16-2)10(13)7-9/h3-5,7,11,15H,1,6H2,2H3. The van der Waals surface area contributed by atoms with Gasteiger partial charge in [-0.15, -0.1) is 6.58 Å². The molecule has 0 heterocycles. The summed E-state index contributed by atoms with van der Waals surface area (Å²) in [6.07, 6.45) is 1.64. The van der Waals surface area contributed by atoms with Gasteiger partial charge in [0, 0.05) is 6.54 Å². The molecule has 1 N–H and O–H groups in total. The number of methoxy groups -OCH3 is 1. The average molecular weight is 220 g/mol. The Morgan fingerprint density at radius 2 is 2.44 bits per heavy atom. The number of benzene rings is 1. The lowest BCUT2D eigenvalue weighted by atomic mass is 10.1. The number of hydrogen-bond donors (Lipinski definition) is 1. The highest BCUT2D eigenvalue weighted by molar-refractivity contribution is 5.33. The zero-order chi connectivity index (χ0) is 12.0. The number of halogens is 1. The van der Waals surface area contributed by atoms with E-state index in [-0.39, 0.29) is 5.75 Å². The summed E-state index contributed by atoms with van der Waals surface area (Å²) in [6, 6.07) is 5.97. The van der Waals surface area contributed by atoms with Crippen LogP contribution in [-0.4, -0.2) is 13.7 Å². The van der Waals surface area contributed by atoms with Crippen LogP contribution >= 0.6 is 0 Å². The molecule has 3 nitrogen and oxygen atoms in total. The van der Waals surface area contributed by atoms with Gasteiger partial charge in [0.15, 0.2) is 11.6 Å². The Kier molecular flexibility index (Phi) is 4.49. The molecule has 0 saturated carbocycles. The van der Waals surface area contributed by atoms with Crippen LogP contribution < -0.4 is 10.1 Å². The molecule has 0 radical (unpaired) electrons. The Hall–Kier alpha value is -1.86. The summed E-state index contributed by atoms with van der Waals surface area (Å²) >= 11 is 0. The third-order valence-electron chi connectivity index (χ3n) is 2.10. The fourth-order valence-electron chi connectivity index (χ4n) is 1.30. The second kappa shape index (κ2) is 5.89. The molecular formula is C12H13FN2O. The maximum atomic E-state index is 13.4. The first-order chi connectivity index (χ1) is 7.72. The summed E-state index contributed by atoms with van der Waals surface area (Å²) in [5, 5.41) is 11.8. The van der Waals surface area contributed by atoms with Gasteiger partial charge in [-0.05, 0) is 17.7 Å². The maximum Gasteiger partial charge on any atom is 0.165 e. The lowest BCUT2D eigenvalue weighted by Crippen LogP contribution is -2.19. The van der Waals surface area contributed by atoms with Crippen molar-refractivity contribution in [3.8, 4) is 11.8 Å². The van der Waals surface area contributed by atoms with E-state index in [0.717, 1.165) is 0 Å². The molecule has 1 aromatic rings. The molecule has 0 saturated heterocycles. The van der Waals surface area contributed by atoms with Gasteiger partial charge in [0.25, 0.3) is 0 Å². The molecule has 0 aromatic heterocycles. The van der Waals surface area contributed by atoms with Crippen LogP contribution in [0.3, 0.4) is 0 Å². The van der Waals surface area contributed by atoms with E-state index in [1.165, 1.54) is 19.2 Å². The molecule has 16 heavy (non-hydrogen) atoms. The number of ether oxygens (including phenoxy) is 1. The molecule has 1 unspecified atom stereocenters. The van der Waals surface area contributed by atoms with Crippen molar-refractivity contribution in [1.29, 1.82) is 5.26 Å². The highest BCUT2D eigenvalue weighted by Crippen LogP contribution is 2.21. The summed E-state index contributed by atoms with van der Waals surface area (Å²) < 4.78 is 18.2. The lowest BCUT2D eigenvalue weighted by molar-refractivity contribution is 0.386. The van der Waals surface area contributed by atoms with Crippen LogP contribution in [0.15, 0.2) is 30.9 Å². The Labute approximate surface area is 94.2 Å². The Morgan fingerprint density at radius 1 is 1.69 bits per heavy atom. The number of nitrogens with one attached hydrogen (secondary N) is 1. The predicted molar refractivity (Wildman–Crippen MR) is 59.5 cm³/mol. The summed E-state index contributed by atoms with van der Waals surface area (Å²) in [4.78, 5) is 0. The van der Waals surface area contributed by atoms with E-state index in [2.05, 4.69) is 18.0 Å². The molecule has 0 bridgehead atoms. The molecule has 0 amide bonds. The largest absolute Gasteiger partial charge is 0.494 e. The van der Waals surface area contributed by atoms with Crippen LogP contribution in [0.2, 0.25) is 0 Å². The lowest BCUT2D eigenvalue weighted by Gasteiger charge is -2.11. The highest BCUT2D eigenvalue weighted by atomic mass is 19.1. The van der Waals surface area contributed by atoms with Gasteiger partial charge in [-0.25, -0.2) is 4.39 Å². The van der Waals surface area contributed by atoms with Crippen molar-refractivity contribution < 1.29 is 9.13 Å². The average Bonchev–Trinajstić information content (AvgIpc) is 2.30. The van der Waals surface area contributed by atoms with Gasteiger partial charge in [-0.1, -0.05) is 12.1 Å². The zero-order valence-corrected chi connectivity index (χ0v) is 9.03. The smallest absolute Gasteiger partial charge is 0.165 e. The molecule has 0 fully saturated rings. The predicted octanol–water partition coefficient (Wildman–Crippen LogP) is 2.17. The number of hydrogen-bond acceptors (Lipinski definition) is 3. The van der Waals surface area contributed by atoms with Crippen molar-refractivity contribution in [1.82, 2.24) is 5.32 Å². The van der Waals surface area contributed by atoms with Gasteiger partial charge in [0.05, 0.1) is 13.2 Å². The van der Waals surface area contributed by atoms with Crippen molar-refractivity contribution in [3.05, 3.63) is 42.2 Å². The van der Waals surface area contributed by atoms with Crippen molar-refractivity contribution >= 4 is 0 Å². The molecule has 0 aliphatic carbocycles. The first-order valence-electron chi connectivity index (χ1n) is 4.80. The normalized spacial score (nSPS) is 11.6. The molecule has 0 spiro atoms. The summed E-state index contributed by atoms with van der Waals surface area (Å²) in [6.45, 7) is 4.03. The fraction of sp³-hybridized carbons (Fsp3) is 0.250. The van der Waals surface area contributed by atoms with E-state index in [4.69, 9.17) is 10.00 Å². The number of nitrogens with zero attached hydrogens (tertiary/aromatic N) is 1. The Bertz CT molecular complexity index is 412. The van der Waals surface area contributed by atoms with Gasteiger partial charge in [-0.2, -0.15) is 5.26 Å². The molecule has 4 heteroatoms. The van der Waals surface area contributed by atoms with E-state index >= 15 is 0 Å². The van der Waals surface area contributed by atoms with Gasteiger partial charge in [0.2, 0.25) is 0 Å². The second-order valence-electron chi connectivity index (χ2n) is 3.15. The molecule has 0 aliphatic heterocycles. The minimum atomic E-state index is -0.543. The molecule has 1 aromatic carbocycles. The SMILES string of the molecule is C=CCNC(C#N)c1ccc(OC)c(F)c1. The molecule has 1 atom stereocenters. The van der Waals surface area contributed by atoms with E-state index in [0.29, 0.717) is 12.1 Å². The fourth-order valence-corrected chi connectivity index (χ4v) is 1.30. The van der Waals surface area contributed by atoms with E-state index in [9.17, 15) is 4.39 Å². The van der Waals surface area contributed by atoms with Crippen LogP contribution in [0.5, 0.6) is 5.75 Å². The van der Waals surface area contributed by atoms with Crippen LogP contribution in [0.4, 0.5) is 4.39 Å². The first kappa shape index (κ1) is 12.2. The second-order valence-corrected chi connectivity index (χ2v) is 3.15. The number of rotatable bonds is 5. The summed E-state index contributed by atoms with van der Waals surface area (Å²) in [5.41, 5.74) is 0.572. The van der Waals surface area contributed by atoms with Crippen LogP contribution in [0.1, 0.15) is 11.6 Å².